The topological polar surface area (TPSA) is 86.5 Å². The molecule has 1 aromatic rings. The van der Waals surface area contributed by atoms with E-state index in [2.05, 4.69) is 10.9 Å². The number of aliphatic carboxylic acids is 1. The van der Waals surface area contributed by atoms with Crippen molar-refractivity contribution >= 4 is 34.9 Å². The third-order valence-electron chi connectivity index (χ3n) is 2.24. The lowest BCUT2D eigenvalue weighted by molar-refractivity contribution is -0.374. The van der Waals surface area contributed by atoms with Gasteiger partial charge in [0.25, 0.3) is 0 Å². The van der Waals surface area contributed by atoms with Gasteiger partial charge in [0.2, 0.25) is 0 Å². The van der Waals surface area contributed by atoms with Gasteiger partial charge in [-0.15, -0.1) is 0 Å². The molecule has 0 amide bonds. The molecule has 0 aromatic heterocycles. The second-order valence-corrected chi connectivity index (χ2v) is 4.56. The lowest BCUT2D eigenvalue weighted by Crippen LogP contribution is -2.52. The van der Waals surface area contributed by atoms with E-state index in [4.69, 9.17) is 33.1 Å². The molecule has 0 spiro atoms. The maximum absolute atomic E-state index is 10.6. The Morgan fingerprint density at radius 2 is 2.05 bits per heavy atom. The van der Waals surface area contributed by atoms with Gasteiger partial charge in [-0.2, -0.15) is 0 Å². The molecular weight excluding hydrogens is 291 g/mol. The number of nitrogens with zero attached hydrogens (tertiary/aromatic N) is 1. The summed E-state index contributed by atoms with van der Waals surface area (Å²) in [5.74, 6) is -0.898. The average molecular weight is 306 g/mol. The van der Waals surface area contributed by atoms with Crippen LogP contribution < -0.4 is 5.73 Å². The van der Waals surface area contributed by atoms with Gasteiger partial charge in [-0.1, -0.05) is 34.4 Å². The summed E-state index contributed by atoms with van der Waals surface area (Å²) in [6.45, 7) is 0.953. The number of benzene rings is 1. The SMILES string of the molecule is [NH3+]CCO/N=C(\CCC(=O)O)c1ccc(Cl)c(Cl)c1. The fourth-order valence-electron chi connectivity index (χ4n) is 1.33. The van der Waals surface area contributed by atoms with Crippen molar-refractivity contribution in [2.24, 2.45) is 5.16 Å². The summed E-state index contributed by atoms with van der Waals surface area (Å²) in [5, 5.41) is 13.5. The molecule has 0 saturated carbocycles. The highest BCUT2D eigenvalue weighted by Crippen LogP contribution is 2.23. The van der Waals surface area contributed by atoms with Crippen molar-refractivity contribution in [1.29, 1.82) is 0 Å². The third-order valence-corrected chi connectivity index (χ3v) is 2.98. The van der Waals surface area contributed by atoms with Gasteiger partial charge in [0.1, 0.15) is 6.54 Å². The molecule has 0 saturated heterocycles. The smallest absolute Gasteiger partial charge is 0.303 e. The Morgan fingerprint density at radius 3 is 2.63 bits per heavy atom. The Morgan fingerprint density at radius 1 is 1.32 bits per heavy atom. The van der Waals surface area contributed by atoms with Gasteiger partial charge in [0.05, 0.1) is 22.2 Å². The zero-order chi connectivity index (χ0) is 14.3. The van der Waals surface area contributed by atoms with E-state index >= 15 is 0 Å². The summed E-state index contributed by atoms with van der Waals surface area (Å²) in [6.07, 6.45) is 0.219. The highest BCUT2D eigenvalue weighted by molar-refractivity contribution is 6.42. The van der Waals surface area contributed by atoms with Crippen molar-refractivity contribution in [3.63, 3.8) is 0 Å². The molecule has 0 atom stereocenters. The van der Waals surface area contributed by atoms with Gasteiger partial charge in [-0.05, 0) is 12.1 Å². The number of carboxylic acids is 1. The van der Waals surface area contributed by atoms with Gasteiger partial charge in [-0.25, -0.2) is 0 Å². The minimum atomic E-state index is -0.898. The largest absolute Gasteiger partial charge is 0.481 e. The molecule has 19 heavy (non-hydrogen) atoms. The number of oxime groups is 1. The fourth-order valence-corrected chi connectivity index (χ4v) is 1.63. The first-order chi connectivity index (χ1) is 9.04. The van der Waals surface area contributed by atoms with E-state index in [-0.39, 0.29) is 12.8 Å². The van der Waals surface area contributed by atoms with E-state index in [1.165, 1.54) is 0 Å². The minimum Gasteiger partial charge on any atom is -0.481 e. The van der Waals surface area contributed by atoms with E-state index in [0.29, 0.717) is 34.5 Å². The lowest BCUT2D eigenvalue weighted by atomic mass is 10.1. The van der Waals surface area contributed by atoms with Crippen molar-refractivity contribution in [2.45, 2.75) is 12.8 Å². The van der Waals surface area contributed by atoms with Crippen molar-refractivity contribution in [1.82, 2.24) is 0 Å². The first-order valence-electron chi connectivity index (χ1n) is 5.70. The zero-order valence-corrected chi connectivity index (χ0v) is 11.7. The second-order valence-electron chi connectivity index (χ2n) is 3.75. The number of halogens is 2. The lowest BCUT2D eigenvalue weighted by Gasteiger charge is -2.06. The van der Waals surface area contributed by atoms with E-state index in [1.54, 1.807) is 18.2 Å². The molecule has 4 N–H and O–H groups in total. The van der Waals surface area contributed by atoms with Crippen LogP contribution in [-0.4, -0.2) is 29.9 Å². The molecule has 0 radical (unpaired) electrons. The maximum atomic E-state index is 10.6. The molecule has 0 heterocycles. The first-order valence-corrected chi connectivity index (χ1v) is 6.45. The van der Waals surface area contributed by atoms with Crippen LogP contribution in [-0.2, 0) is 9.63 Å². The van der Waals surface area contributed by atoms with Crippen LogP contribution in [0.1, 0.15) is 18.4 Å². The molecule has 0 aliphatic rings. The maximum Gasteiger partial charge on any atom is 0.303 e. The van der Waals surface area contributed by atoms with Crippen LogP contribution in [0.4, 0.5) is 0 Å². The normalized spacial score (nSPS) is 11.4. The van der Waals surface area contributed by atoms with Crippen molar-refractivity contribution in [2.75, 3.05) is 13.2 Å². The molecule has 0 unspecified atom stereocenters. The predicted octanol–water partition coefficient (Wildman–Crippen LogP) is 1.82. The van der Waals surface area contributed by atoms with Gasteiger partial charge in [0.15, 0.2) is 6.61 Å². The molecule has 5 nitrogen and oxygen atoms in total. The summed E-state index contributed by atoms with van der Waals surface area (Å²) < 4.78 is 0. The molecule has 7 heteroatoms. The first kappa shape index (κ1) is 15.8. The van der Waals surface area contributed by atoms with Crippen LogP contribution in [0, 0.1) is 0 Å². The molecule has 0 bridgehead atoms. The Kier molecular flexibility index (Phi) is 6.62. The molecular formula is C12H15Cl2N2O3+. The van der Waals surface area contributed by atoms with Gasteiger partial charge in [-0.3, -0.25) is 4.79 Å². The van der Waals surface area contributed by atoms with Crippen molar-refractivity contribution in [3.05, 3.63) is 33.8 Å². The van der Waals surface area contributed by atoms with Crippen LogP contribution >= 0.6 is 23.2 Å². The second kappa shape index (κ2) is 7.99. The monoisotopic (exact) mass is 305 g/mol. The van der Waals surface area contributed by atoms with Crippen molar-refractivity contribution < 1.29 is 20.5 Å². The number of carbonyl (C=O) groups is 1. The van der Waals surface area contributed by atoms with Crippen LogP contribution in [0.2, 0.25) is 10.0 Å². The van der Waals surface area contributed by atoms with Crippen LogP contribution in [0.5, 0.6) is 0 Å². The van der Waals surface area contributed by atoms with Gasteiger partial charge >= 0.3 is 5.97 Å². The Balaban J connectivity index is 2.90. The molecule has 1 aromatic carbocycles. The van der Waals surface area contributed by atoms with Crippen LogP contribution in [0.3, 0.4) is 0 Å². The summed E-state index contributed by atoms with van der Waals surface area (Å²) in [6, 6.07) is 5.00. The molecule has 0 aliphatic heterocycles. The van der Waals surface area contributed by atoms with Crippen molar-refractivity contribution in [3.8, 4) is 0 Å². The summed E-state index contributed by atoms with van der Waals surface area (Å²) >= 11 is 11.8. The van der Waals surface area contributed by atoms with Crippen LogP contribution in [0.15, 0.2) is 23.4 Å². The Labute approximate surface area is 120 Å². The molecule has 0 aliphatic carbocycles. The predicted molar refractivity (Wildman–Crippen MR) is 73.6 cm³/mol. The number of hydrogen-bond acceptors (Lipinski definition) is 3. The number of rotatable bonds is 7. The fraction of sp³-hybridized carbons (Fsp3) is 0.333. The molecule has 0 fully saturated rings. The summed E-state index contributed by atoms with van der Waals surface area (Å²) in [7, 11) is 0. The highest BCUT2D eigenvalue weighted by atomic mass is 35.5. The highest BCUT2D eigenvalue weighted by Gasteiger charge is 2.10. The Hall–Kier alpha value is -1.30. The molecule has 1 rings (SSSR count). The van der Waals surface area contributed by atoms with Gasteiger partial charge < -0.3 is 15.7 Å². The number of carboxylic acid groups (broad SMARTS) is 1. The molecule has 104 valence electrons. The summed E-state index contributed by atoms with van der Waals surface area (Å²) in [5.41, 5.74) is 4.85. The quantitative estimate of drug-likeness (QED) is 0.457. The third kappa shape index (κ3) is 5.46. The summed E-state index contributed by atoms with van der Waals surface area (Å²) in [4.78, 5) is 15.7. The van der Waals surface area contributed by atoms with E-state index < -0.39 is 5.97 Å². The zero-order valence-electron chi connectivity index (χ0n) is 10.2. The minimum absolute atomic E-state index is 0.0349. The van der Waals surface area contributed by atoms with Crippen LogP contribution in [0.25, 0.3) is 0 Å². The van der Waals surface area contributed by atoms with E-state index in [1.807, 2.05) is 0 Å². The average Bonchev–Trinajstić information content (AvgIpc) is 2.37. The number of hydrogen-bond donors (Lipinski definition) is 2. The standard InChI is InChI=1S/C12H14Cl2N2O3/c13-9-2-1-8(7-10(9)14)11(3-4-12(17)18)16-19-6-5-15/h1-2,7H,3-6,15H2,(H,17,18)/p+1/b16-11+. The van der Waals surface area contributed by atoms with Gasteiger partial charge in [0, 0.05) is 12.0 Å². The van der Waals surface area contributed by atoms with E-state index in [0.717, 1.165) is 0 Å². The number of quaternary nitrogens is 1. The Bertz CT molecular complexity index is 478. The van der Waals surface area contributed by atoms with E-state index in [9.17, 15) is 4.79 Å².